The number of nitrogens with one attached hydrogen (secondary N) is 1. The SMILES string of the molecule is CSC1CCCCC1NC1C2CCCOC2C1(C)C. The molecule has 110 valence electrons. The monoisotopic (exact) mass is 283 g/mol. The zero-order valence-electron chi connectivity index (χ0n) is 12.7. The maximum absolute atomic E-state index is 6.02. The van der Waals surface area contributed by atoms with E-state index in [9.17, 15) is 0 Å². The second-order valence-corrected chi connectivity index (χ2v) is 8.31. The molecule has 2 saturated carbocycles. The number of fused-ring (bicyclic) bond motifs is 1. The Morgan fingerprint density at radius 1 is 1.11 bits per heavy atom. The fourth-order valence-electron chi connectivity index (χ4n) is 4.66. The molecule has 0 aromatic heterocycles. The standard InChI is InChI=1S/C16H29NOS/c1-16(2)14(11-7-6-10-18-15(11)16)17-12-8-4-5-9-13(12)19-3/h11-15,17H,4-10H2,1-3H3. The molecule has 3 rings (SSSR count). The number of hydrogen-bond donors (Lipinski definition) is 1. The minimum atomic E-state index is 0.325. The summed E-state index contributed by atoms with van der Waals surface area (Å²) in [5, 5.41) is 4.87. The van der Waals surface area contributed by atoms with Crippen LogP contribution in [0.1, 0.15) is 52.4 Å². The summed E-state index contributed by atoms with van der Waals surface area (Å²) in [6.07, 6.45) is 11.0. The molecule has 0 bridgehead atoms. The van der Waals surface area contributed by atoms with Crippen LogP contribution in [-0.4, -0.2) is 36.3 Å². The van der Waals surface area contributed by atoms with E-state index < -0.39 is 0 Å². The zero-order valence-corrected chi connectivity index (χ0v) is 13.5. The highest BCUT2D eigenvalue weighted by molar-refractivity contribution is 7.99. The highest BCUT2D eigenvalue weighted by Gasteiger charge is 2.58. The fraction of sp³-hybridized carbons (Fsp3) is 1.00. The Bertz CT molecular complexity index is 320. The van der Waals surface area contributed by atoms with Gasteiger partial charge in [0.05, 0.1) is 6.10 Å². The first-order valence-electron chi connectivity index (χ1n) is 8.05. The van der Waals surface area contributed by atoms with Gasteiger partial charge in [-0.15, -0.1) is 0 Å². The molecule has 1 N–H and O–H groups in total. The summed E-state index contributed by atoms with van der Waals surface area (Å²) < 4.78 is 6.02. The highest BCUT2D eigenvalue weighted by atomic mass is 32.2. The minimum absolute atomic E-state index is 0.325. The lowest BCUT2D eigenvalue weighted by Crippen LogP contribution is -2.71. The smallest absolute Gasteiger partial charge is 0.0684 e. The number of ether oxygens (including phenoxy) is 1. The summed E-state index contributed by atoms with van der Waals surface area (Å²) in [7, 11) is 0. The molecule has 5 unspecified atom stereocenters. The average Bonchev–Trinajstić information content (AvgIpc) is 2.45. The van der Waals surface area contributed by atoms with E-state index in [4.69, 9.17) is 4.74 Å². The van der Waals surface area contributed by atoms with Gasteiger partial charge in [-0.1, -0.05) is 26.7 Å². The summed E-state index contributed by atoms with van der Waals surface area (Å²) in [6.45, 7) is 5.77. The van der Waals surface area contributed by atoms with E-state index in [1.807, 2.05) is 0 Å². The van der Waals surface area contributed by atoms with Crippen LogP contribution in [0.3, 0.4) is 0 Å². The van der Waals surface area contributed by atoms with Crippen molar-refractivity contribution in [1.82, 2.24) is 5.32 Å². The van der Waals surface area contributed by atoms with Crippen molar-refractivity contribution in [3.05, 3.63) is 0 Å². The molecule has 2 nitrogen and oxygen atoms in total. The Hall–Kier alpha value is 0.270. The predicted octanol–water partition coefficient (Wildman–Crippen LogP) is 3.45. The average molecular weight is 283 g/mol. The van der Waals surface area contributed by atoms with Crippen molar-refractivity contribution in [2.24, 2.45) is 11.3 Å². The van der Waals surface area contributed by atoms with Crippen molar-refractivity contribution < 1.29 is 4.74 Å². The fourth-order valence-corrected chi connectivity index (χ4v) is 5.61. The van der Waals surface area contributed by atoms with Crippen LogP contribution >= 0.6 is 11.8 Å². The molecule has 3 fully saturated rings. The molecule has 0 aromatic carbocycles. The normalized spacial score (nSPS) is 45.3. The van der Waals surface area contributed by atoms with E-state index in [0.29, 0.717) is 17.6 Å². The molecule has 0 aromatic rings. The molecule has 5 atom stereocenters. The van der Waals surface area contributed by atoms with E-state index in [1.165, 1.54) is 38.5 Å². The van der Waals surface area contributed by atoms with Crippen molar-refractivity contribution in [2.45, 2.75) is 75.8 Å². The third kappa shape index (κ3) is 2.47. The third-order valence-corrected chi connectivity index (χ3v) is 6.90. The van der Waals surface area contributed by atoms with Gasteiger partial charge in [0.25, 0.3) is 0 Å². The molecular formula is C16H29NOS. The second kappa shape index (κ2) is 5.57. The van der Waals surface area contributed by atoms with Gasteiger partial charge >= 0.3 is 0 Å². The molecule has 19 heavy (non-hydrogen) atoms. The highest BCUT2D eigenvalue weighted by Crippen LogP contribution is 2.51. The number of hydrogen-bond acceptors (Lipinski definition) is 3. The molecule has 1 aliphatic heterocycles. The van der Waals surface area contributed by atoms with Crippen LogP contribution in [0.15, 0.2) is 0 Å². The van der Waals surface area contributed by atoms with Gasteiger partial charge in [-0.05, 0) is 31.9 Å². The van der Waals surface area contributed by atoms with Crippen molar-refractivity contribution in [3.63, 3.8) is 0 Å². The van der Waals surface area contributed by atoms with Gasteiger partial charge < -0.3 is 10.1 Å². The number of thioether (sulfide) groups is 1. The van der Waals surface area contributed by atoms with Crippen LogP contribution in [0, 0.1) is 11.3 Å². The van der Waals surface area contributed by atoms with Crippen molar-refractivity contribution in [2.75, 3.05) is 12.9 Å². The van der Waals surface area contributed by atoms with Crippen LogP contribution in [0.2, 0.25) is 0 Å². The minimum Gasteiger partial charge on any atom is -0.377 e. The van der Waals surface area contributed by atoms with E-state index in [2.05, 4.69) is 37.2 Å². The largest absolute Gasteiger partial charge is 0.377 e. The third-order valence-electron chi connectivity index (χ3n) is 5.73. The molecule has 3 heteroatoms. The van der Waals surface area contributed by atoms with Gasteiger partial charge in [0.1, 0.15) is 0 Å². The lowest BCUT2D eigenvalue weighted by molar-refractivity contribution is -0.194. The van der Waals surface area contributed by atoms with Crippen molar-refractivity contribution >= 4 is 11.8 Å². The maximum atomic E-state index is 6.02. The first-order valence-corrected chi connectivity index (χ1v) is 9.34. The molecule has 1 saturated heterocycles. The molecule has 0 amide bonds. The van der Waals surface area contributed by atoms with Gasteiger partial charge in [-0.25, -0.2) is 0 Å². The molecular weight excluding hydrogens is 254 g/mol. The van der Waals surface area contributed by atoms with Crippen LogP contribution in [0.5, 0.6) is 0 Å². The Kier molecular flexibility index (Phi) is 4.17. The lowest BCUT2D eigenvalue weighted by Gasteiger charge is -2.61. The quantitative estimate of drug-likeness (QED) is 0.857. The van der Waals surface area contributed by atoms with Gasteiger partial charge in [0.2, 0.25) is 0 Å². The first kappa shape index (κ1) is 14.2. The van der Waals surface area contributed by atoms with Crippen molar-refractivity contribution in [1.29, 1.82) is 0 Å². The Labute approximate surface area is 122 Å². The molecule has 0 spiro atoms. The zero-order chi connectivity index (χ0) is 13.5. The van der Waals surface area contributed by atoms with Crippen LogP contribution in [0.25, 0.3) is 0 Å². The van der Waals surface area contributed by atoms with E-state index in [0.717, 1.165) is 23.8 Å². The molecule has 3 aliphatic rings. The second-order valence-electron chi connectivity index (χ2n) is 7.23. The Morgan fingerprint density at radius 2 is 1.89 bits per heavy atom. The Morgan fingerprint density at radius 3 is 2.68 bits per heavy atom. The first-order chi connectivity index (χ1) is 9.14. The summed E-state index contributed by atoms with van der Waals surface area (Å²) >= 11 is 2.07. The molecule has 2 aliphatic carbocycles. The predicted molar refractivity (Wildman–Crippen MR) is 82.7 cm³/mol. The summed E-state index contributed by atoms with van der Waals surface area (Å²) in [6, 6.07) is 1.41. The van der Waals surface area contributed by atoms with Crippen molar-refractivity contribution in [3.8, 4) is 0 Å². The summed E-state index contributed by atoms with van der Waals surface area (Å²) in [4.78, 5) is 0. The van der Waals surface area contributed by atoms with Crippen LogP contribution in [-0.2, 0) is 4.74 Å². The number of rotatable bonds is 3. The van der Waals surface area contributed by atoms with Crippen LogP contribution in [0.4, 0.5) is 0 Å². The van der Waals surface area contributed by atoms with Crippen LogP contribution < -0.4 is 5.32 Å². The van der Waals surface area contributed by atoms with Gasteiger partial charge in [-0.3, -0.25) is 0 Å². The molecule has 0 radical (unpaired) electrons. The maximum Gasteiger partial charge on any atom is 0.0684 e. The lowest BCUT2D eigenvalue weighted by atomic mass is 9.55. The van der Waals surface area contributed by atoms with Gasteiger partial charge in [0.15, 0.2) is 0 Å². The van der Waals surface area contributed by atoms with E-state index in [1.54, 1.807) is 0 Å². The molecule has 1 heterocycles. The van der Waals surface area contributed by atoms with Gasteiger partial charge in [-0.2, -0.15) is 11.8 Å². The van der Waals surface area contributed by atoms with Gasteiger partial charge in [0, 0.05) is 35.3 Å². The topological polar surface area (TPSA) is 21.3 Å². The van der Waals surface area contributed by atoms with E-state index >= 15 is 0 Å². The Balaban J connectivity index is 1.65. The summed E-state index contributed by atoms with van der Waals surface area (Å²) in [5.74, 6) is 0.771. The summed E-state index contributed by atoms with van der Waals surface area (Å²) in [5.41, 5.74) is 0.325. The van der Waals surface area contributed by atoms with E-state index in [-0.39, 0.29) is 0 Å².